The monoisotopic (exact) mass is 205 g/mol. The average Bonchev–Trinajstić information content (AvgIpc) is 2.61. The molecule has 0 bridgehead atoms. The Morgan fingerprint density at radius 2 is 2.00 bits per heavy atom. The predicted molar refractivity (Wildman–Crippen MR) is 56.5 cm³/mol. The van der Waals surface area contributed by atoms with E-state index in [9.17, 15) is 4.39 Å². The van der Waals surface area contributed by atoms with Crippen molar-refractivity contribution in [2.75, 3.05) is 0 Å². The molecular weight excluding hydrogens is 193 g/mol. The first-order valence-corrected chi connectivity index (χ1v) is 4.69. The number of halogens is 1. The van der Waals surface area contributed by atoms with Gasteiger partial charge in [0.05, 0.1) is 12.2 Å². The number of benzene rings is 1. The summed E-state index contributed by atoms with van der Waals surface area (Å²) in [4.78, 5) is 4.34. The molecule has 0 aliphatic heterocycles. The topological polar surface area (TPSA) is 43.8 Å². The van der Waals surface area contributed by atoms with E-state index >= 15 is 0 Å². The zero-order valence-corrected chi connectivity index (χ0v) is 8.44. The summed E-state index contributed by atoms with van der Waals surface area (Å²) >= 11 is 0. The van der Waals surface area contributed by atoms with Gasteiger partial charge in [0.15, 0.2) is 0 Å². The number of hydrogen-bond donors (Lipinski definition) is 1. The van der Waals surface area contributed by atoms with Gasteiger partial charge < -0.3 is 10.3 Å². The van der Waals surface area contributed by atoms with Crippen LogP contribution in [-0.2, 0) is 13.6 Å². The Hall–Kier alpha value is -1.68. The number of hydrogen-bond acceptors (Lipinski definition) is 2. The Labute approximate surface area is 87.4 Å². The molecule has 2 N–H and O–H groups in total. The molecule has 1 aromatic carbocycles. The second-order valence-corrected chi connectivity index (χ2v) is 3.36. The lowest BCUT2D eigenvalue weighted by Gasteiger charge is -1.94. The van der Waals surface area contributed by atoms with Crippen molar-refractivity contribution in [2.45, 2.75) is 6.54 Å². The highest BCUT2D eigenvalue weighted by atomic mass is 19.1. The highest BCUT2D eigenvalue weighted by molar-refractivity contribution is 5.58. The molecule has 1 aromatic heterocycles. The molecule has 0 aliphatic carbocycles. The van der Waals surface area contributed by atoms with Crippen molar-refractivity contribution in [1.29, 1.82) is 0 Å². The summed E-state index contributed by atoms with van der Waals surface area (Å²) in [7, 11) is 1.89. The van der Waals surface area contributed by atoms with Crippen LogP contribution in [0, 0.1) is 5.82 Å². The third-order valence-corrected chi connectivity index (χ3v) is 2.30. The second-order valence-electron chi connectivity index (χ2n) is 3.36. The van der Waals surface area contributed by atoms with Crippen molar-refractivity contribution in [3.63, 3.8) is 0 Å². The van der Waals surface area contributed by atoms with Gasteiger partial charge in [-0.1, -0.05) is 0 Å². The van der Waals surface area contributed by atoms with Gasteiger partial charge in [0.25, 0.3) is 0 Å². The van der Waals surface area contributed by atoms with Crippen LogP contribution in [0.1, 0.15) is 5.82 Å². The number of nitrogens with zero attached hydrogens (tertiary/aromatic N) is 2. The van der Waals surface area contributed by atoms with E-state index in [0.29, 0.717) is 6.54 Å². The molecule has 1 heterocycles. The number of nitrogens with two attached hydrogens (primary N) is 1. The highest BCUT2D eigenvalue weighted by Gasteiger charge is 2.05. The largest absolute Gasteiger partial charge is 0.336 e. The van der Waals surface area contributed by atoms with Crippen LogP contribution in [0.2, 0.25) is 0 Å². The Bertz CT molecular complexity index is 459. The summed E-state index contributed by atoms with van der Waals surface area (Å²) in [6, 6.07) is 6.26. The smallest absolute Gasteiger partial charge is 0.123 e. The molecule has 15 heavy (non-hydrogen) atoms. The van der Waals surface area contributed by atoms with Crippen LogP contribution in [0.3, 0.4) is 0 Å². The van der Waals surface area contributed by atoms with E-state index in [2.05, 4.69) is 4.98 Å². The zero-order chi connectivity index (χ0) is 10.8. The molecule has 0 atom stereocenters. The van der Waals surface area contributed by atoms with Crippen LogP contribution in [0.25, 0.3) is 11.3 Å². The van der Waals surface area contributed by atoms with E-state index in [0.717, 1.165) is 17.1 Å². The zero-order valence-electron chi connectivity index (χ0n) is 8.44. The lowest BCUT2D eigenvalue weighted by atomic mass is 10.2. The Kier molecular flexibility index (Phi) is 2.51. The molecule has 0 fully saturated rings. The van der Waals surface area contributed by atoms with Crippen LogP contribution in [0.15, 0.2) is 30.5 Å². The fourth-order valence-corrected chi connectivity index (χ4v) is 1.45. The fourth-order valence-electron chi connectivity index (χ4n) is 1.45. The number of aryl methyl sites for hydroxylation is 1. The van der Waals surface area contributed by atoms with Crippen LogP contribution in [0.5, 0.6) is 0 Å². The Balaban J connectivity index is 2.41. The molecule has 0 radical (unpaired) electrons. The van der Waals surface area contributed by atoms with Crippen LogP contribution >= 0.6 is 0 Å². The molecule has 78 valence electrons. The molecule has 0 amide bonds. The summed E-state index contributed by atoms with van der Waals surface area (Å²) in [5, 5.41) is 0. The van der Waals surface area contributed by atoms with E-state index < -0.39 is 0 Å². The van der Waals surface area contributed by atoms with Crippen LogP contribution in [0.4, 0.5) is 4.39 Å². The van der Waals surface area contributed by atoms with Gasteiger partial charge in [-0.2, -0.15) is 0 Å². The molecule has 0 unspecified atom stereocenters. The highest BCUT2D eigenvalue weighted by Crippen LogP contribution is 2.18. The maximum absolute atomic E-state index is 12.7. The van der Waals surface area contributed by atoms with Gasteiger partial charge in [-0.3, -0.25) is 0 Å². The molecule has 0 saturated heterocycles. The molecule has 2 aromatic rings. The van der Waals surface area contributed by atoms with Gasteiger partial charge in [0.2, 0.25) is 0 Å². The van der Waals surface area contributed by atoms with E-state index in [1.54, 1.807) is 12.1 Å². The van der Waals surface area contributed by atoms with Gasteiger partial charge in [-0.05, 0) is 24.3 Å². The molecule has 3 nitrogen and oxygen atoms in total. The van der Waals surface area contributed by atoms with Crippen molar-refractivity contribution in [2.24, 2.45) is 12.8 Å². The minimum absolute atomic E-state index is 0.242. The third-order valence-electron chi connectivity index (χ3n) is 2.30. The Morgan fingerprint density at radius 3 is 2.53 bits per heavy atom. The van der Waals surface area contributed by atoms with Gasteiger partial charge in [-0.15, -0.1) is 0 Å². The first-order chi connectivity index (χ1) is 7.20. The van der Waals surface area contributed by atoms with Crippen molar-refractivity contribution in [3.8, 4) is 11.3 Å². The summed E-state index contributed by atoms with van der Waals surface area (Å²) in [5.41, 5.74) is 7.24. The van der Waals surface area contributed by atoms with Crippen molar-refractivity contribution in [1.82, 2.24) is 9.55 Å². The maximum atomic E-state index is 12.7. The summed E-state index contributed by atoms with van der Waals surface area (Å²) in [6.45, 7) is 0.400. The van der Waals surface area contributed by atoms with Crippen molar-refractivity contribution in [3.05, 3.63) is 42.1 Å². The lowest BCUT2D eigenvalue weighted by molar-refractivity contribution is 0.628. The minimum Gasteiger partial charge on any atom is -0.336 e. The maximum Gasteiger partial charge on any atom is 0.123 e. The molecule has 0 aliphatic rings. The number of rotatable bonds is 2. The number of aromatic nitrogens is 2. The van der Waals surface area contributed by atoms with Crippen LogP contribution in [-0.4, -0.2) is 9.55 Å². The van der Waals surface area contributed by atoms with E-state index in [1.807, 2.05) is 17.8 Å². The van der Waals surface area contributed by atoms with Gasteiger partial charge in [0, 0.05) is 18.8 Å². The van der Waals surface area contributed by atoms with E-state index in [1.165, 1.54) is 12.1 Å². The fraction of sp³-hybridized carbons (Fsp3) is 0.182. The standard InChI is InChI=1S/C11H12FN3/c1-15-7-10(14-11(15)6-13)8-2-4-9(12)5-3-8/h2-5,7H,6,13H2,1H3. The van der Waals surface area contributed by atoms with Gasteiger partial charge in [-0.25, -0.2) is 9.37 Å². The number of imidazole rings is 1. The lowest BCUT2D eigenvalue weighted by Crippen LogP contribution is -2.03. The van der Waals surface area contributed by atoms with Crippen LogP contribution < -0.4 is 5.73 Å². The minimum atomic E-state index is -0.242. The SMILES string of the molecule is Cn1cc(-c2ccc(F)cc2)nc1CN. The normalized spacial score (nSPS) is 10.6. The van der Waals surface area contributed by atoms with E-state index in [4.69, 9.17) is 5.73 Å². The van der Waals surface area contributed by atoms with Gasteiger partial charge in [0.1, 0.15) is 11.6 Å². The summed E-state index contributed by atoms with van der Waals surface area (Å²) in [6.07, 6.45) is 1.88. The molecular formula is C11H12FN3. The molecule has 4 heteroatoms. The molecule has 0 saturated carbocycles. The van der Waals surface area contributed by atoms with E-state index in [-0.39, 0.29) is 5.82 Å². The Morgan fingerprint density at radius 1 is 1.33 bits per heavy atom. The third kappa shape index (κ3) is 1.89. The van der Waals surface area contributed by atoms with Crippen molar-refractivity contribution >= 4 is 0 Å². The first kappa shape index (κ1) is 9.86. The summed E-state index contributed by atoms with van der Waals surface area (Å²) in [5.74, 6) is 0.572. The molecule has 2 rings (SSSR count). The van der Waals surface area contributed by atoms with Gasteiger partial charge >= 0.3 is 0 Å². The van der Waals surface area contributed by atoms with Crippen molar-refractivity contribution < 1.29 is 4.39 Å². The predicted octanol–water partition coefficient (Wildman–Crippen LogP) is 1.68. The summed E-state index contributed by atoms with van der Waals surface area (Å²) < 4.78 is 14.6. The quantitative estimate of drug-likeness (QED) is 0.810. The first-order valence-electron chi connectivity index (χ1n) is 4.69. The second kappa shape index (κ2) is 3.82. The molecule has 0 spiro atoms. The average molecular weight is 205 g/mol.